The van der Waals surface area contributed by atoms with Crippen molar-refractivity contribution in [2.45, 2.75) is 55.6 Å². The van der Waals surface area contributed by atoms with E-state index in [0.29, 0.717) is 23.7 Å². The molecule has 8 nitrogen and oxygen atoms in total. The highest BCUT2D eigenvalue weighted by molar-refractivity contribution is 9.09. The SMILES string of the molecule is N=C1N=CC(c2cnn(C3CCNCC3)c2)N(C(Br)C2CC2)C1=C1Nc2ccccc2N1CC1CC1. The van der Waals surface area contributed by atoms with Crippen molar-refractivity contribution in [3.8, 4) is 0 Å². The average molecular weight is 550 g/mol. The molecule has 0 radical (unpaired) electrons. The van der Waals surface area contributed by atoms with Gasteiger partial charge in [0.2, 0.25) is 0 Å². The molecule has 0 amide bonds. The standard InChI is InChI=1S/C27H33BrN8/c28-25(18-7-8-18)36-23(19-13-32-35(16-19)20-9-11-30-12-10-20)14-31-26(29)24(36)27-33-21-3-1-2-4-22(21)34(27)15-17-5-6-17/h1-4,13-14,16-18,20,23,25,29-30,33H,5-12,15H2. The van der Waals surface area contributed by atoms with E-state index in [1.807, 2.05) is 12.4 Å². The number of hydrogen-bond acceptors (Lipinski definition) is 6. The van der Waals surface area contributed by atoms with Crippen LogP contribution in [0, 0.1) is 17.2 Å². The number of hydrogen-bond donors (Lipinski definition) is 3. The third kappa shape index (κ3) is 4.06. The Kier molecular flexibility index (Phi) is 5.65. The first kappa shape index (κ1) is 22.5. The van der Waals surface area contributed by atoms with E-state index in [1.54, 1.807) is 0 Å². The third-order valence-electron chi connectivity index (χ3n) is 8.13. The minimum atomic E-state index is -0.0738. The summed E-state index contributed by atoms with van der Waals surface area (Å²) in [6, 6.07) is 8.86. The lowest BCUT2D eigenvalue weighted by Crippen LogP contribution is -2.44. The van der Waals surface area contributed by atoms with Crippen LogP contribution in [0.15, 0.2) is 53.2 Å². The number of para-hydroxylation sites is 2. The second kappa shape index (κ2) is 9.03. The number of aromatic nitrogens is 2. The molecule has 1 aromatic heterocycles. The molecule has 2 aliphatic carbocycles. The van der Waals surface area contributed by atoms with Crippen molar-refractivity contribution in [1.82, 2.24) is 20.0 Å². The fourth-order valence-electron chi connectivity index (χ4n) is 5.74. The number of anilines is 2. The summed E-state index contributed by atoms with van der Waals surface area (Å²) in [4.78, 5) is 9.59. The van der Waals surface area contributed by atoms with Gasteiger partial charge in [-0.1, -0.05) is 28.1 Å². The van der Waals surface area contributed by atoms with E-state index in [-0.39, 0.29) is 11.0 Å². The van der Waals surface area contributed by atoms with Crippen molar-refractivity contribution in [3.63, 3.8) is 0 Å². The predicted octanol–water partition coefficient (Wildman–Crippen LogP) is 4.85. The molecule has 3 N–H and O–H groups in total. The van der Waals surface area contributed by atoms with E-state index >= 15 is 0 Å². The number of benzene rings is 1. The number of halogens is 1. The first-order valence-corrected chi connectivity index (χ1v) is 14.3. The van der Waals surface area contributed by atoms with Crippen LogP contribution in [0.25, 0.3) is 0 Å². The number of nitrogens with one attached hydrogen (secondary N) is 3. The van der Waals surface area contributed by atoms with Gasteiger partial charge in [-0.05, 0) is 75.6 Å². The van der Waals surface area contributed by atoms with Gasteiger partial charge in [-0.2, -0.15) is 5.10 Å². The van der Waals surface area contributed by atoms with Crippen molar-refractivity contribution in [3.05, 3.63) is 53.7 Å². The first-order chi connectivity index (χ1) is 17.7. The van der Waals surface area contributed by atoms with Gasteiger partial charge in [0.25, 0.3) is 0 Å². The predicted molar refractivity (Wildman–Crippen MR) is 147 cm³/mol. The van der Waals surface area contributed by atoms with E-state index in [9.17, 15) is 0 Å². The fourth-order valence-corrected chi connectivity index (χ4v) is 6.73. The molecular formula is C27H33BrN8. The highest BCUT2D eigenvalue weighted by atomic mass is 79.9. The molecular weight excluding hydrogens is 516 g/mol. The Balaban J connectivity index is 1.30. The summed E-state index contributed by atoms with van der Waals surface area (Å²) in [7, 11) is 0. The Hall–Kier alpha value is -2.65. The van der Waals surface area contributed by atoms with Crippen LogP contribution in [0.5, 0.6) is 0 Å². The fraction of sp³-hybridized carbons (Fsp3) is 0.519. The number of nitrogens with zero attached hydrogens (tertiary/aromatic N) is 5. The molecule has 4 heterocycles. The zero-order valence-corrected chi connectivity index (χ0v) is 22.0. The molecule has 2 atom stereocenters. The normalized spacial score (nSPS) is 27.4. The van der Waals surface area contributed by atoms with Crippen LogP contribution in [0.2, 0.25) is 0 Å². The molecule has 0 bridgehead atoms. The van der Waals surface area contributed by atoms with Crippen molar-refractivity contribution in [2.75, 3.05) is 29.9 Å². The van der Waals surface area contributed by atoms with Gasteiger partial charge < -0.3 is 20.4 Å². The molecule has 188 valence electrons. The van der Waals surface area contributed by atoms with Gasteiger partial charge in [0, 0.05) is 24.5 Å². The molecule has 9 heteroatoms. The van der Waals surface area contributed by atoms with Gasteiger partial charge in [0.1, 0.15) is 11.5 Å². The van der Waals surface area contributed by atoms with Crippen LogP contribution >= 0.6 is 15.9 Å². The topological polar surface area (TPSA) is 84.6 Å². The quantitative estimate of drug-likeness (QED) is 0.354. The summed E-state index contributed by atoms with van der Waals surface area (Å²) < 4.78 is 2.15. The van der Waals surface area contributed by atoms with Crippen molar-refractivity contribution in [2.24, 2.45) is 16.8 Å². The molecule has 7 rings (SSSR count). The highest BCUT2D eigenvalue weighted by Crippen LogP contribution is 2.47. The van der Waals surface area contributed by atoms with Crippen molar-refractivity contribution < 1.29 is 0 Å². The van der Waals surface area contributed by atoms with E-state index in [0.717, 1.165) is 55.2 Å². The van der Waals surface area contributed by atoms with Gasteiger partial charge >= 0.3 is 0 Å². The molecule has 1 aromatic carbocycles. The summed E-state index contributed by atoms with van der Waals surface area (Å²) in [5.74, 6) is 2.59. The Bertz CT molecular complexity index is 1220. The molecule has 3 aliphatic heterocycles. The Labute approximate surface area is 220 Å². The molecule has 2 saturated carbocycles. The molecule has 3 fully saturated rings. The van der Waals surface area contributed by atoms with E-state index in [1.165, 1.54) is 31.4 Å². The van der Waals surface area contributed by atoms with Gasteiger partial charge in [-0.3, -0.25) is 10.1 Å². The van der Waals surface area contributed by atoms with Gasteiger partial charge in [0.15, 0.2) is 5.84 Å². The lowest BCUT2D eigenvalue weighted by Gasteiger charge is -2.40. The largest absolute Gasteiger partial charge is 0.340 e. The highest BCUT2D eigenvalue weighted by Gasteiger charge is 2.44. The van der Waals surface area contributed by atoms with E-state index in [4.69, 9.17) is 10.5 Å². The van der Waals surface area contributed by atoms with E-state index in [2.05, 4.69) is 76.5 Å². The zero-order chi connectivity index (χ0) is 24.2. The molecule has 2 aromatic rings. The maximum absolute atomic E-state index is 9.00. The minimum Gasteiger partial charge on any atom is -0.340 e. The van der Waals surface area contributed by atoms with Gasteiger partial charge in [-0.25, -0.2) is 4.99 Å². The summed E-state index contributed by atoms with van der Waals surface area (Å²) in [5, 5.41) is 20.9. The second-order valence-corrected chi connectivity index (χ2v) is 11.8. The Morgan fingerprint density at radius 1 is 1.08 bits per heavy atom. The van der Waals surface area contributed by atoms with Gasteiger partial charge in [0.05, 0.1) is 34.6 Å². The van der Waals surface area contributed by atoms with E-state index < -0.39 is 0 Å². The summed E-state index contributed by atoms with van der Waals surface area (Å²) in [6.45, 7) is 3.05. The van der Waals surface area contributed by atoms with Crippen LogP contribution in [-0.4, -0.2) is 51.3 Å². The summed E-state index contributed by atoms with van der Waals surface area (Å²) in [5.41, 5.74) is 4.32. The van der Waals surface area contributed by atoms with Gasteiger partial charge in [-0.15, -0.1) is 0 Å². The number of alkyl halides is 1. The molecule has 2 unspecified atom stereocenters. The summed E-state index contributed by atoms with van der Waals surface area (Å²) in [6.07, 6.45) is 13.3. The Morgan fingerprint density at radius 2 is 1.89 bits per heavy atom. The smallest absolute Gasteiger partial charge is 0.171 e. The monoisotopic (exact) mass is 548 g/mol. The number of amidine groups is 1. The number of piperidine rings is 1. The molecule has 1 saturated heterocycles. The lowest BCUT2D eigenvalue weighted by molar-refractivity contribution is 0.285. The number of aliphatic imine (C=N–C) groups is 1. The number of rotatable bonds is 6. The van der Waals surface area contributed by atoms with Crippen LogP contribution < -0.4 is 15.5 Å². The minimum absolute atomic E-state index is 0.0738. The number of fused-ring (bicyclic) bond motifs is 1. The van der Waals surface area contributed by atoms with Crippen LogP contribution in [0.3, 0.4) is 0 Å². The van der Waals surface area contributed by atoms with Crippen molar-refractivity contribution in [1.29, 1.82) is 5.41 Å². The van der Waals surface area contributed by atoms with Crippen LogP contribution in [0.1, 0.15) is 56.2 Å². The van der Waals surface area contributed by atoms with Crippen LogP contribution in [-0.2, 0) is 0 Å². The Morgan fingerprint density at radius 3 is 2.67 bits per heavy atom. The molecule has 5 aliphatic rings. The summed E-state index contributed by atoms with van der Waals surface area (Å²) >= 11 is 4.07. The maximum atomic E-state index is 9.00. The average Bonchev–Trinajstić information content (AvgIpc) is 3.84. The van der Waals surface area contributed by atoms with Crippen molar-refractivity contribution >= 4 is 39.4 Å². The lowest BCUT2D eigenvalue weighted by atomic mass is 10.0. The molecule has 0 spiro atoms. The second-order valence-electron chi connectivity index (χ2n) is 10.8. The third-order valence-corrected chi connectivity index (χ3v) is 9.32. The maximum Gasteiger partial charge on any atom is 0.171 e. The zero-order valence-electron chi connectivity index (χ0n) is 20.4. The first-order valence-electron chi connectivity index (χ1n) is 13.4. The van der Waals surface area contributed by atoms with Crippen LogP contribution in [0.4, 0.5) is 11.4 Å². The molecule has 36 heavy (non-hydrogen) atoms.